The molecule has 0 saturated heterocycles. The molecule has 3 rings (SSSR count). The highest BCUT2D eigenvalue weighted by molar-refractivity contribution is 6.00. The summed E-state index contributed by atoms with van der Waals surface area (Å²) in [6.07, 6.45) is 0. The van der Waals surface area contributed by atoms with Gasteiger partial charge in [-0.25, -0.2) is 15.4 Å². The molecular formula is C17H18N4O2. The number of hydrazone groups is 1. The number of para-hydroxylation sites is 1. The Hall–Kier alpha value is -2.89. The van der Waals surface area contributed by atoms with E-state index in [1.807, 2.05) is 51.1 Å². The molecule has 0 radical (unpaired) electrons. The largest absolute Gasteiger partial charge is 0.493 e. The number of fused-ring (bicyclic) bond motifs is 1. The zero-order valence-electron chi connectivity index (χ0n) is 13.5. The molecule has 2 heterocycles. The zero-order chi connectivity index (χ0) is 16.4. The molecule has 0 atom stereocenters. The fraction of sp³-hybridized carbons (Fsp3) is 0.235. The molecule has 0 fully saturated rings. The van der Waals surface area contributed by atoms with E-state index in [1.165, 1.54) is 0 Å². The summed E-state index contributed by atoms with van der Waals surface area (Å²) in [5.41, 5.74) is 6.06. The Kier molecular flexibility index (Phi) is 3.97. The van der Waals surface area contributed by atoms with Crippen LogP contribution in [0, 0.1) is 13.8 Å². The first-order valence-electron chi connectivity index (χ1n) is 7.26. The molecular weight excluding hydrogens is 292 g/mol. The monoisotopic (exact) mass is 310 g/mol. The third-order valence-corrected chi connectivity index (χ3v) is 3.39. The lowest BCUT2D eigenvalue weighted by molar-refractivity contribution is 0.410. The number of methoxy groups -OCH3 is 1. The Morgan fingerprint density at radius 1 is 1.17 bits per heavy atom. The number of aryl methyl sites for hydroxylation is 2. The first kappa shape index (κ1) is 15.0. The van der Waals surface area contributed by atoms with Crippen molar-refractivity contribution < 1.29 is 9.15 Å². The Balaban J connectivity index is 1.88. The van der Waals surface area contributed by atoms with Crippen molar-refractivity contribution in [3.05, 3.63) is 47.5 Å². The third-order valence-electron chi connectivity index (χ3n) is 3.39. The Bertz CT molecular complexity index is 863. The predicted octanol–water partition coefficient (Wildman–Crippen LogP) is 3.68. The van der Waals surface area contributed by atoms with Gasteiger partial charge in [0.05, 0.1) is 7.11 Å². The van der Waals surface area contributed by atoms with Gasteiger partial charge in [0.2, 0.25) is 5.95 Å². The highest BCUT2D eigenvalue weighted by atomic mass is 16.5. The van der Waals surface area contributed by atoms with Crippen molar-refractivity contribution in [2.24, 2.45) is 5.10 Å². The van der Waals surface area contributed by atoms with Crippen molar-refractivity contribution in [3.63, 3.8) is 0 Å². The molecule has 0 spiro atoms. The van der Waals surface area contributed by atoms with Crippen LogP contribution in [0.5, 0.6) is 5.75 Å². The summed E-state index contributed by atoms with van der Waals surface area (Å²) in [5, 5.41) is 5.27. The topological polar surface area (TPSA) is 72.5 Å². The quantitative estimate of drug-likeness (QED) is 0.588. The lowest BCUT2D eigenvalue weighted by atomic mass is 10.2. The molecule has 0 amide bonds. The fourth-order valence-corrected chi connectivity index (χ4v) is 2.34. The maximum Gasteiger partial charge on any atom is 0.243 e. The third kappa shape index (κ3) is 3.15. The van der Waals surface area contributed by atoms with Crippen LogP contribution in [0.2, 0.25) is 0 Å². The highest BCUT2D eigenvalue weighted by Gasteiger charge is 2.10. The summed E-state index contributed by atoms with van der Waals surface area (Å²) in [5.74, 6) is 1.84. The number of furan rings is 1. The van der Waals surface area contributed by atoms with Gasteiger partial charge in [-0.2, -0.15) is 5.10 Å². The van der Waals surface area contributed by atoms with E-state index in [4.69, 9.17) is 9.15 Å². The summed E-state index contributed by atoms with van der Waals surface area (Å²) in [4.78, 5) is 8.58. The first-order chi connectivity index (χ1) is 11.1. The summed E-state index contributed by atoms with van der Waals surface area (Å²) in [7, 11) is 1.62. The molecule has 2 aromatic heterocycles. The summed E-state index contributed by atoms with van der Waals surface area (Å²) < 4.78 is 11.2. The zero-order valence-corrected chi connectivity index (χ0v) is 13.5. The van der Waals surface area contributed by atoms with Crippen molar-refractivity contribution in [1.29, 1.82) is 0 Å². The van der Waals surface area contributed by atoms with Gasteiger partial charge in [-0.1, -0.05) is 12.1 Å². The van der Waals surface area contributed by atoms with Crippen molar-refractivity contribution in [1.82, 2.24) is 9.97 Å². The van der Waals surface area contributed by atoms with Crippen LogP contribution in [0.1, 0.15) is 24.1 Å². The van der Waals surface area contributed by atoms with Gasteiger partial charge in [0.1, 0.15) is 5.71 Å². The minimum atomic E-state index is 0.468. The van der Waals surface area contributed by atoms with Gasteiger partial charge >= 0.3 is 0 Å². The molecule has 0 aliphatic rings. The molecule has 1 aromatic carbocycles. The molecule has 118 valence electrons. The fourth-order valence-electron chi connectivity index (χ4n) is 2.34. The number of nitrogens with zero attached hydrogens (tertiary/aromatic N) is 3. The molecule has 6 nitrogen and oxygen atoms in total. The van der Waals surface area contributed by atoms with E-state index in [2.05, 4.69) is 20.5 Å². The normalized spacial score (nSPS) is 11.7. The van der Waals surface area contributed by atoms with Crippen LogP contribution >= 0.6 is 0 Å². The van der Waals surface area contributed by atoms with Crippen molar-refractivity contribution in [3.8, 4) is 5.75 Å². The number of hydrogen-bond acceptors (Lipinski definition) is 6. The van der Waals surface area contributed by atoms with E-state index in [9.17, 15) is 0 Å². The summed E-state index contributed by atoms with van der Waals surface area (Å²) >= 11 is 0. The van der Waals surface area contributed by atoms with E-state index >= 15 is 0 Å². The number of aromatic nitrogens is 2. The lowest BCUT2D eigenvalue weighted by Gasteiger charge is -2.02. The van der Waals surface area contributed by atoms with E-state index in [1.54, 1.807) is 7.11 Å². The first-order valence-corrected chi connectivity index (χ1v) is 7.26. The van der Waals surface area contributed by atoms with E-state index < -0.39 is 0 Å². The van der Waals surface area contributed by atoms with Crippen molar-refractivity contribution in [2.45, 2.75) is 20.8 Å². The van der Waals surface area contributed by atoms with Crippen LogP contribution in [0.3, 0.4) is 0 Å². The van der Waals surface area contributed by atoms with Gasteiger partial charge in [-0.05, 0) is 39.0 Å². The molecule has 0 aliphatic carbocycles. The number of ether oxygens (including phenoxy) is 1. The van der Waals surface area contributed by atoms with Gasteiger partial charge in [-0.3, -0.25) is 0 Å². The number of benzene rings is 1. The SMILES string of the molecule is COc1cccc2cc(/C(C)=N\Nc3nc(C)cc(C)n3)oc12. The maximum atomic E-state index is 5.85. The van der Waals surface area contributed by atoms with Crippen LogP contribution in [0.25, 0.3) is 11.0 Å². The van der Waals surface area contributed by atoms with Gasteiger partial charge in [0, 0.05) is 16.8 Å². The second-order valence-electron chi connectivity index (χ2n) is 5.27. The minimum Gasteiger partial charge on any atom is -0.493 e. The molecule has 6 heteroatoms. The molecule has 23 heavy (non-hydrogen) atoms. The maximum absolute atomic E-state index is 5.85. The Morgan fingerprint density at radius 3 is 2.61 bits per heavy atom. The van der Waals surface area contributed by atoms with Gasteiger partial charge in [0.25, 0.3) is 0 Å². The standard InChI is InChI=1S/C17H18N4O2/c1-10-8-11(2)19-17(18-10)21-20-12(3)15-9-13-6-5-7-14(22-4)16(13)23-15/h5-9H,1-4H3,(H,18,19,21)/b20-12-. The van der Waals surface area contributed by atoms with E-state index in [0.29, 0.717) is 28.8 Å². The van der Waals surface area contributed by atoms with Crippen LogP contribution in [-0.4, -0.2) is 22.8 Å². The average Bonchev–Trinajstić information content (AvgIpc) is 2.95. The Morgan fingerprint density at radius 2 is 1.91 bits per heavy atom. The molecule has 1 N–H and O–H groups in total. The number of rotatable bonds is 4. The van der Waals surface area contributed by atoms with Crippen molar-refractivity contribution >= 4 is 22.6 Å². The minimum absolute atomic E-state index is 0.468. The van der Waals surface area contributed by atoms with Crippen LogP contribution < -0.4 is 10.2 Å². The van der Waals surface area contributed by atoms with Gasteiger partial charge < -0.3 is 9.15 Å². The van der Waals surface area contributed by atoms with Crippen LogP contribution in [0.15, 0.2) is 39.9 Å². The van der Waals surface area contributed by atoms with Gasteiger partial charge in [-0.15, -0.1) is 0 Å². The lowest BCUT2D eigenvalue weighted by Crippen LogP contribution is -2.03. The molecule has 0 saturated carbocycles. The summed E-state index contributed by atoms with van der Waals surface area (Å²) in [6.45, 7) is 5.70. The molecule has 0 aliphatic heterocycles. The second kappa shape index (κ2) is 6.08. The van der Waals surface area contributed by atoms with E-state index in [-0.39, 0.29) is 0 Å². The number of nitrogens with one attached hydrogen (secondary N) is 1. The average molecular weight is 310 g/mol. The number of hydrogen-bond donors (Lipinski definition) is 1. The van der Waals surface area contributed by atoms with Crippen LogP contribution in [0.4, 0.5) is 5.95 Å². The van der Waals surface area contributed by atoms with E-state index in [0.717, 1.165) is 16.8 Å². The second-order valence-corrected chi connectivity index (χ2v) is 5.27. The Labute approximate surface area is 134 Å². The predicted molar refractivity (Wildman–Crippen MR) is 90.1 cm³/mol. The number of anilines is 1. The molecule has 3 aromatic rings. The van der Waals surface area contributed by atoms with Gasteiger partial charge in [0.15, 0.2) is 17.1 Å². The van der Waals surface area contributed by atoms with Crippen molar-refractivity contribution in [2.75, 3.05) is 12.5 Å². The van der Waals surface area contributed by atoms with Crippen LogP contribution in [-0.2, 0) is 0 Å². The molecule has 0 bridgehead atoms. The summed E-state index contributed by atoms with van der Waals surface area (Å²) in [6, 6.07) is 9.60. The highest BCUT2D eigenvalue weighted by Crippen LogP contribution is 2.28. The molecule has 0 unspecified atom stereocenters. The smallest absolute Gasteiger partial charge is 0.243 e.